The molecule has 2 aromatic carbocycles. The third-order valence-corrected chi connectivity index (χ3v) is 6.62. The Labute approximate surface area is 242 Å². The number of aliphatic imine (C=N–C) groups is 2. The van der Waals surface area contributed by atoms with E-state index in [2.05, 4.69) is 77.9 Å². The molecule has 0 saturated carbocycles. The fourth-order valence-electron chi connectivity index (χ4n) is 4.88. The predicted octanol–water partition coefficient (Wildman–Crippen LogP) is 10.7. The molecule has 0 fully saturated rings. The first kappa shape index (κ1) is 33.5. The van der Waals surface area contributed by atoms with E-state index >= 15 is 0 Å². The summed E-state index contributed by atoms with van der Waals surface area (Å²) in [4.78, 5) is 10.7. The van der Waals surface area contributed by atoms with Crippen molar-refractivity contribution in [1.29, 1.82) is 0 Å². The Morgan fingerprint density at radius 1 is 0.459 bits per heavy atom. The summed E-state index contributed by atoms with van der Waals surface area (Å²) in [7, 11) is 0. The van der Waals surface area contributed by atoms with E-state index in [-0.39, 0.29) is 20.4 Å². The largest absolute Gasteiger partial charge is 0.252 e. The van der Waals surface area contributed by atoms with Crippen molar-refractivity contribution in [3.8, 4) is 0 Å². The van der Waals surface area contributed by atoms with Crippen LogP contribution in [-0.4, -0.2) is 11.4 Å². The summed E-state index contributed by atoms with van der Waals surface area (Å²) in [5.74, 6) is 0. The molecular weight excluding hydrogens is 543 g/mol. The van der Waals surface area contributed by atoms with E-state index in [0.29, 0.717) is 0 Å². The van der Waals surface area contributed by atoms with Crippen molar-refractivity contribution in [2.45, 2.75) is 131 Å². The van der Waals surface area contributed by atoms with Crippen LogP contribution in [0.2, 0.25) is 0 Å². The van der Waals surface area contributed by atoms with Gasteiger partial charge in [-0.3, -0.25) is 9.98 Å². The second-order valence-corrected chi connectivity index (χ2v) is 10.3. The van der Waals surface area contributed by atoms with Gasteiger partial charge in [0.1, 0.15) is 0 Å². The molecule has 0 unspecified atom stereocenters. The average Bonchev–Trinajstić information content (AvgIpc) is 2.85. The first-order valence-electron chi connectivity index (χ1n) is 15.0. The van der Waals surface area contributed by atoms with Gasteiger partial charge in [0.05, 0.1) is 22.8 Å². The number of nitrogens with zero attached hydrogens (tertiary/aromatic N) is 2. The van der Waals surface area contributed by atoms with E-state index in [0.717, 1.165) is 62.7 Å². The molecule has 0 aliphatic heterocycles. The van der Waals surface area contributed by atoms with Crippen molar-refractivity contribution in [3.05, 3.63) is 58.7 Å². The summed E-state index contributed by atoms with van der Waals surface area (Å²) in [6.07, 6.45) is 15.8. The maximum Gasteiger partial charge on any atom is 0.0639 e. The van der Waals surface area contributed by atoms with E-state index < -0.39 is 0 Å². The van der Waals surface area contributed by atoms with Gasteiger partial charge in [0.2, 0.25) is 0 Å². The zero-order chi connectivity index (χ0) is 26.2. The van der Waals surface area contributed by atoms with E-state index in [1.807, 2.05) is 0 Å². The van der Waals surface area contributed by atoms with Gasteiger partial charge >= 0.3 is 0 Å². The molecule has 0 amide bonds. The Bertz CT molecular complexity index is 846. The van der Waals surface area contributed by atoms with Crippen molar-refractivity contribution >= 4 is 22.8 Å². The van der Waals surface area contributed by atoms with Crippen molar-refractivity contribution in [2.75, 3.05) is 0 Å². The average molecular weight is 595 g/mol. The van der Waals surface area contributed by atoms with Gasteiger partial charge in [0.25, 0.3) is 0 Å². The molecule has 0 aromatic heterocycles. The minimum absolute atomic E-state index is 0. The Balaban J connectivity index is 0.00000684. The van der Waals surface area contributed by atoms with Crippen LogP contribution >= 0.6 is 0 Å². The van der Waals surface area contributed by atoms with Gasteiger partial charge in [-0.2, -0.15) is 0 Å². The molecule has 0 atom stereocenters. The molecule has 0 spiro atoms. The Morgan fingerprint density at radius 2 is 0.757 bits per heavy atom. The standard InChI is InChI=1S/C34H52N2.Pd/c1-7-13-19-33(35-31-23-27(15-9-3)21-28(24-31)16-10-4)34(20-14-8-2)36-32-25-29(17-11-5)22-30(26-32)18-12-6;/h21-26H,7-20H2,1-6H3;. The number of aryl methyl sites for hydroxylation is 4. The maximum atomic E-state index is 5.33. The fourth-order valence-corrected chi connectivity index (χ4v) is 4.88. The molecule has 0 heterocycles. The van der Waals surface area contributed by atoms with Crippen molar-refractivity contribution < 1.29 is 20.4 Å². The molecule has 208 valence electrons. The predicted molar refractivity (Wildman–Crippen MR) is 162 cm³/mol. The minimum atomic E-state index is 0. The number of benzene rings is 2. The van der Waals surface area contributed by atoms with Gasteiger partial charge in [-0.1, -0.05) is 92.2 Å². The zero-order valence-corrected chi connectivity index (χ0v) is 26.1. The van der Waals surface area contributed by atoms with Crippen LogP contribution in [0.5, 0.6) is 0 Å². The first-order chi connectivity index (χ1) is 17.6. The van der Waals surface area contributed by atoms with Gasteiger partial charge in [-0.05, 0) is 97.9 Å². The van der Waals surface area contributed by atoms with Gasteiger partial charge in [-0.15, -0.1) is 0 Å². The molecule has 0 aliphatic rings. The van der Waals surface area contributed by atoms with Crippen LogP contribution in [0.25, 0.3) is 0 Å². The van der Waals surface area contributed by atoms with Gasteiger partial charge < -0.3 is 0 Å². The van der Waals surface area contributed by atoms with Crippen molar-refractivity contribution in [3.63, 3.8) is 0 Å². The quantitative estimate of drug-likeness (QED) is 0.128. The second-order valence-electron chi connectivity index (χ2n) is 10.3. The summed E-state index contributed by atoms with van der Waals surface area (Å²) >= 11 is 0. The number of hydrogen-bond acceptors (Lipinski definition) is 2. The molecule has 2 rings (SSSR count). The van der Waals surface area contributed by atoms with E-state index in [9.17, 15) is 0 Å². The second kappa shape index (κ2) is 19.5. The molecule has 2 aromatic rings. The van der Waals surface area contributed by atoms with Gasteiger partial charge in [0, 0.05) is 20.4 Å². The van der Waals surface area contributed by atoms with Crippen LogP contribution in [0.15, 0.2) is 46.4 Å². The summed E-state index contributed by atoms with van der Waals surface area (Å²) in [5, 5.41) is 0. The monoisotopic (exact) mass is 594 g/mol. The normalized spacial score (nSPS) is 12.1. The molecule has 0 saturated heterocycles. The third-order valence-electron chi connectivity index (χ3n) is 6.62. The summed E-state index contributed by atoms with van der Waals surface area (Å²) in [6.45, 7) is 13.6. The van der Waals surface area contributed by atoms with Crippen LogP contribution in [0, 0.1) is 0 Å². The summed E-state index contributed by atoms with van der Waals surface area (Å²) in [5.41, 5.74) is 10.3. The number of unbranched alkanes of at least 4 members (excludes halogenated alkanes) is 2. The fraction of sp³-hybridized carbons (Fsp3) is 0.588. The van der Waals surface area contributed by atoms with E-state index in [1.165, 1.54) is 72.2 Å². The van der Waals surface area contributed by atoms with Crippen LogP contribution in [0.3, 0.4) is 0 Å². The number of rotatable bonds is 17. The molecular formula is C34H52N2Pd. The Kier molecular flexibility index (Phi) is 17.6. The Hall–Kier alpha value is -1.56. The molecule has 0 radical (unpaired) electrons. The first-order valence-corrected chi connectivity index (χ1v) is 15.0. The number of hydrogen-bond donors (Lipinski definition) is 0. The molecule has 0 bridgehead atoms. The topological polar surface area (TPSA) is 24.7 Å². The third kappa shape index (κ3) is 12.2. The maximum absolute atomic E-state index is 5.33. The van der Waals surface area contributed by atoms with Gasteiger partial charge in [-0.25, -0.2) is 0 Å². The van der Waals surface area contributed by atoms with E-state index in [1.54, 1.807) is 0 Å². The molecule has 0 aliphatic carbocycles. The minimum Gasteiger partial charge on any atom is -0.252 e. The van der Waals surface area contributed by atoms with Crippen molar-refractivity contribution in [2.24, 2.45) is 9.98 Å². The van der Waals surface area contributed by atoms with Gasteiger partial charge in [0.15, 0.2) is 0 Å². The Morgan fingerprint density at radius 3 is 1.00 bits per heavy atom. The summed E-state index contributed by atoms with van der Waals surface area (Å²) in [6, 6.07) is 14.0. The van der Waals surface area contributed by atoms with Crippen LogP contribution in [0.4, 0.5) is 11.4 Å². The zero-order valence-electron chi connectivity index (χ0n) is 24.6. The van der Waals surface area contributed by atoms with Crippen LogP contribution in [0.1, 0.15) is 128 Å². The molecule has 2 nitrogen and oxygen atoms in total. The summed E-state index contributed by atoms with van der Waals surface area (Å²) < 4.78 is 0. The smallest absolute Gasteiger partial charge is 0.0639 e. The van der Waals surface area contributed by atoms with Crippen LogP contribution in [-0.2, 0) is 46.1 Å². The molecule has 3 heteroatoms. The van der Waals surface area contributed by atoms with Crippen molar-refractivity contribution in [1.82, 2.24) is 0 Å². The molecule has 37 heavy (non-hydrogen) atoms. The SMILES string of the molecule is CCCCC(=Nc1cc(CCC)cc(CCC)c1)C(CCCC)=Nc1cc(CCC)cc(CCC)c1.[Pd]. The molecule has 0 N–H and O–H groups in total. The van der Waals surface area contributed by atoms with E-state index in [4.69, 9.17) is 9.98 Å². The van der Waals surface area contributed by atoms with Crippen LogP contribution < -0.4 is 0 Å².